The van der Waals surface area contributed by atoms with E-state index >= 15 is 0 Å². The average molecular weight is 768 g/mol. The van der Waals surface area contributed by atoms with E-state index in [1.807, 2.05) is 84.9 Å². The Morgan fingerprint density at radius 1 is 0.183 bits per heavy atom. The minimum atomic E-state index is 0.608. The van der Waals surface area contributed by atoms with E-state index in [1.54, 1.807) is 0 Å². The van der Waals surface area contributed by atoms with Gasteiger partial charge in [-0.1, -0.05) is 206 Å². The third-order valence-electron chi connectivity index (χ3n) is 10.6. The van der Waals surface area contributed by atoms with E-state index in [9.17, 15) is 0 Å². The van der Waals surface area contributed by atoms with Gasteiger partial charge in [-0.05, 0) is 51.6 Å². The van der Waals surface area contributed by atoms with Gasteiger partial charge in [-0.2, -0.15) is 0 Å². The molecule has 5 heteroatoms. The molecule has 60 heavy (non-hydrogen) atoms. The highest BCUT2D eigenvalue weighted by atomic mass is 15.0. The van der Waals surface area contributed by atoms with Gasteiger partial charge in [0, 0.05) is 33.4 Å². The van der Waals surface area contributed by atoms with Crippen LogP contribution in [0.15, 0.2) is 224 Å². The summed E-state index contributed by atoms with van der Waals surface area (Å²) < 4.78 is 0. The van der Waals surface area contributed by atoms with Crippen LogP contribution < -0.4 is 0 Å². The Bertz CT molecular complexity index is 3000. The Kier molecular flexibility index (Phi) is 9.88. The molecule has 0 saturated heterocycles. The molecule has 282 valence electrons. The predicted octanol–water partition coefficient (Wildman–Crippen LogP) is 13.7. The summed E-state index contributed by atoms with van der Waals surface area (Å²) in [4.78, 5) is 25.2. The first kappa shape index (κ1) is 36.2. The molecule has 2 heterocycles. The molecule has 0 saturated carbocycles. The zero-order valence-electron chi connectivity index (χ0n) is 32.6. The molecule has 0 N–H and O–H groups in total. The van der Waals surface area contributed by atoms with E-state index < -0.39 is 0 Å². The Hall–Kier alpha value is -8.15. The standard InChI is InChI=1S/C55H37N5/c1-5-17-39(18-6-1)48-29-13-14-30-49(48)45-26-16-28-47(36-45)55-59-53(42-23-11-4-12-24-42)58-54(60-55)43-33-31-38(32-34-43)44-25-15-27-46(35-44)51-37-50(40-19-7-2-8-20-40)56-52(57-51)41-21-9-3-10-22-41/h1-37H. The number of aromatic nitrogens is 5. The normalized spacial score (nSPS) is 11.0. The zero-order valence-corrected chi connectivity index (χ0v) is 32.6. The molecule has 0 aliphatic rings. The maximum absolute atomic E-state index is 5.10. The van der Waals surface area contributed by atoms with E-state index in [1.165, 1.54) is 11.1 Å². The van der Waals surface area contributed by atoms with Crippen LogP contribution in [0.5, 0.6) is 0 Å². The van der Waals surface area contributed by atoms with Gasteiger partial charge in [0.15, 0.2) is 23.3 Å². The van der Waals surface area contributed by atoms with Gasteiger partial charge < -0.3 is 0 Å². The fourth-order valence-electron chi connectivity index (χ4n) is 7.52. The van der Waals surface area contributed by atoms with E-state index in [4.69, 9.17) is 24.9 Å². The van der Waals surface area contributed by atoms with Crippen molar-refractivity contribution < 1.29 is 0 Å². The topological polar surface area (TPSA) is 64.5 Å². The Morgan fingerprint density at radius 3 is 1.12 bits per heavy atom. The SMILES string of the molecule is c1ccc(-c2cc(-c3cccc(-c4ccc(-c5nc(-c6ccccc6)nc(-c6cccc(-c7ccccc7-c7ccccc7)c6)n5)cc4)c3)nc(-c3ccccc3)n2)cc1. The van der Waals surface area contributed by atoms with Crippen LogP contribution in [0.1, 0.15) is 0 Å². The molecular weight excluding hydrogens is 731 g/mol. The van der Waals surface area contributed by atoms with Crippen LogP contribution in [0.4, 0.5) is 0 Å². The molecule has 0 amide bonds. The highest BCUT2D eigenvalue weighted by molar-refractivity contribution is 5.85. The summed E-state index contributed by atoms with van der Waals surface area (Å²) >= 11 is 0. The van der Waals surface area contributed by atoms with Crippen molar-refractivity contribution in [3.8, 4) is 101 Å². The highest BCUT2D eigenvalue weighted by Gasteiger charge is 2.16. The Morgan fingerprint density at radius 2 is 0.533 bits per heavy atom. The molecule has 0 spiro atoms. The van der Waals surface area contributed by atoms with Gasteiger partial charge in [-0.25, -0.2) is 24.9 Å². The van der Waals surface area contributed by atoms with Crippen molar-refractivity contribution in [3.63, 3.8) is 0 Å². The minimum Gasteiger partial charge on any atom is -0.228 e. The van der Waals surface area contributed by atoms with Gasteiger partial charge >= 0.3 is 0 Å². The fraction of sp³-hybridized carbons (Fsp3) is 0. The summed E-state index contributed by atoms with van der Waals surface area (Å²) in [6.07, 6.45) is 0. The van der Waals surface area contributed by atoms with E-state index in [0.717, 1.165) is 67.0 Å². The van der Waals surface area contributed by atoms with E-state index in [-0.39, 0.29) is 0 Å². The van der Waals surface area contributed by atoms with E-state index in [0.29, 0.717) is 23.3 Å². The molecule has 5 nitrogen and oxygen atoms in total. The predicted molar refractivity (Wildman–Crippen MR) is 244 cm³/mol. The molecule has 0 radical (unpaired) electrons. The minimum absolute atomic E-state index is 0.608. The molecule has 10 rings (SSSR count). The summed E-state index contributed by atoms with van der Waals surface area (Å²) in [6, 6.07) is 77.0. The molecule has 0 unspecified atom stereocenters. The Balaban J connectivity index is 1.01. The second-order valence-electron chi connectivity index (χ2n) is 14.5. The second kappa shape index (κ2) is 16.4. The number of benzene rings is 8. The van der Waals surface area contributed by atoms with Gasteiger partial charge in [0.25, 0.3) is 0 Å². The van der Waals surface area contributed by atoms with Crippen LogP contribution in [0.3, 0.4) is 0 Å². The van der Waals surface area contributed by atoms with Gasteiger partial charge in [0.05, 0.1) is 11.4 Å². The first-order chi connectivity index (χ1) is 29.7. The molecule has 0 fully saturated rings. The maximum Gasteiger partial charge on any atom is 0.164 e. The molecule has 0 bridgehead atoms. The number of hydrogen-bond acceptors (Lipinski definition) is 5. The van der Waals surface area contributed by atoms with Crippen molar-refractivity contribution in [2.75, 3.05) is 0 Å². The van der Waals surface area contributed by atoms with Crippen molar-refractivity contribution in [2.24, 2.45) is 0 Å². The number of nitrogens with zero attached hydrogens (tertiary/aromatic N) is 5. The summed E-state index contributed by atoms with van der Waals surface area (Å²) in [6.45, 7) is 0. The third kappa shape index (κ3) is 7.63. The van der Waals surface area contributed by atoms with Crippen LogP contribution in [0.2, 0.25) is 0 Å². The summed E-state index contributed by atoms with van der Waals surface area (Å²) in [5.74, 6) is 2.54. The lowest BCUT2D eigenvalue weighted by Gasteiger charge is -2.12. The monoisotopic (exact) mass is 767 g/mol. The van der Waals surface area contributed by atoms with Crippen LogP contribution in [0.25, 0.3) is 101 Å². The molecule has 0 aliphatic carbocycles. The summed E-state index contributed by atoms with van der Waals surface area (Å²) in [5, 5.41) is 0. The van der Waals surface area contributed by atoms with Crippen molar-refractivity contribution >= 4 is 0 Å². The smallest absolute Gasteiger partial charge is 0.164 e. The van der Waals surface area contributed by atoms with Crippen LogP contribution in [0, 0.1) is 0 Å². The second-order valence-corrected chi connectivity index (χ2v) is 14.5. The van der Waals surface area contributed by atoms with Crippen LogP contribution in [-0.4, -0.2) is 24.9 Å². The molecule has 2 aromatic heterocycles. The van der Waals surface area contributed by atoms with E-state index in [2.05, 4.69) is 140 Å². The van der Waals surface area contributed by atoms with Crippen molar-refractivity contribution in [3.05, 3.63) is 224 Å². The summed E-state index contributed by atoms with van der Waals surface area (Å²) in [5.41, 5.74) is 14.3. The number of rotatable bonds is 9. The van der Waals surface area contributed by atoms with Crippen molar-refractivity contribution in [1.29, 1.82) is 0 Å². The Labute approximate surface area is 349 Å². The van der Waals surface area contributed by atoms with Gasteiger partial charge in [-0.15, -0.1) is 0 Å². The largest absolute Gasteiger partial charge is 0.228 e. The van der Waals surface area contributed by atoms with Crippen molar-refractivity contribution in [2.45, 2.75) is 0 Å². The van der Waals surface area contributed by atoms with Crippen LogP contribution >= 0.6 is 0 Å². The lowest BCUT2D eigenvalue weighted by atomic mass is 9.94. The van der Waals surface area contributed by atoms with Gasteiger partial charge in [0.1, 0.15) is 0 Å². The average Bonchev–Trinajstić information content (AvgIpc) is 3.35. The molecule has 0 aliphatic heterocycles. The van der Waals surface area contributed by atoms with Gasteiger partial charge in [-0.3, -0.25) is 0 Å². The maximum atomic E-state index is 5.10. The quantitative estimate of drug-likeness (QED) is 0.146. The molecule has 10 aromatic rings. The lowest BCUT2D eigenvalue weighted by Crippen LogP contribution is -2.00. The first-order valence-corrected chi connectivity index (χ1v) is 20.0. The number of hydrogen-bond donors (Lipinski definition) is 0. The fourth-order valence-corrected chi connectivity index (χ4v) is 7.52. The summed E-state index contributed by atoms with van der Waals surface area (Å²) in [7, 11) is 0. The lowest BCUT2D eigenvalue weighted by molar-refractivity contribution is 1.07. The third-order valence-corrected chi connectivity index (χ3v) is 10.6. The highest BCUT2D eigenvalue weighted by Crippen LogP contribution is 2.35. The zero-order chi connectivity index (χ0) is 40.1. The first-order valence-electron chi connectivity index (χ1n) is 20.0. The van der Waals surface area contributed by atoms with Crippen LogP contribution in [-0.2, 0) is 0 Å². The van der Waals surface area contributed by atoms with Gasteiger partial charge in [0.2, 0.25) is 0 Å². The molecular formula is C55H37N5. The molecule has 0 atom stereocenters. The molecule has 8 aromatic carbocycles. The van der Waals surface area contributed by atoms with Crippen molar-refractivity contribution in [1.82, 2.24) is 24.9 Å².